The predicted molar refractivity (Wildman–Crippen MR) is 62.6 cm³/mol. The number of ether oxygens (including phenoxy) is 1. The summed E-state index contributed by atoms with van der Waals surface area (Å²) in [6.07, 6.45) is 1.24. The van der Waals surface area contributed by atoms with Crippen molar-refractivity contribution in [2.24, 2.45) is 0 Å². The molecular formula is C12H9F3O2S. The highest BCUT2D eigenvalue weighted by Crippen LogP contribution is 2.42. The Hall–Kier alpha value is -1.56. The molecular weight excluding hydrogens is 265 g/mol. The molecule has 2 aromatic rings. The molecule has 0 radical (unpaired) electrons. The van der Waals surface area contributed by atoms with Crippen molar-refractivity contribution in [3.63, 3.8) is 0 Å². The first kappa shape index (κ1) is 12.9. The van der Waals surface area contributed by atoms with E-state index in [9.17, 15) is 13.2 Å². The van der Waals surface area contributed by atoms with Crippen LogP contribution in [0.1, 0.15) is 0 Å². The minimum absolute atomic E-state index is 0.160. The van der Waals surface area contributed by atoms with Gasteiger partial charge in [-0.15, -0.1) is 0 Å². The Balaban J connectivity index is 2.30. The molecule has 18 heavy (non-hydrogen) atoms. The van der Waals surface area contributed by atoms with E-state index < -0.39 is 5.51 Å². The van der Waals surface area contributed by atoms with Crippen LogP contribution in [0.25, 0.3) is 11.1 Å². The summed E-state index contributed by atoms with van der Waals surface area (Å²) in [5.74, 6) is 0.646. The number of rotatable bonds is 3. The van der Waals surface area contributed by atoms with Crippen molar-refractivity contribution in [3.8, 4) is 16.9 Å². The Kier molecular flexibility index (Phi) is 3.56. The summed E-state index contributed by atoms with van der Waals surface area (Å²) >= 11 is -0.259. The van der Waals surface area contributed by atoms with Gasteiger partial charge in [-0.05, 0) is 23.8 Å². The van der Waals surface area contributed by atoms with Gasteiger partial charge in [0.1, 0.15) is 5.75 Å². The van der Waals surface area contributed by atoms with E-state index >= 15 is 0 Å². The summed E-state index contributed by atoms with van der Waals surface area (Å²) in [5.41, 5.74) is -3.30. The number of hydrogen-bond acceptors (Lipinski definition) is 3. The van der Waals surface area contributed by atoms with Crippen molar-refractivity contribution in [1.82, 2.24) is 0 Å². The molecule has 0 fully saturated rings. The summed E-state index contributed by atoms with van der Waals surface area (Å²) in [4.78, 5) is 0. The topological polar surface area (TPSA) is 22.4 Å². The van der Waals surface area contributed by atoms with E-state index in [2.05, 4.69) is 0 Å². The van der Waals surface area contributed by atoms with Gasteiger partial charge >= 0.3 is 5.51 Å². The van der Waals surface area contributed by atoms with Crippen LogP contribution in [0.3, 0.4) is 0 Å². The molecule has 1 aromatic carbocycles. The molecule has 0 bridgehead atoms. The first-order chi connectivity index (χ1) is 8.49. The average Bonchev–Trinajstić information content (AvgIpc) is 2.75. The average molecular weight is 274 g/mol. The second kappa shape index (κ2) is 4.97. The molecule has 96 valence electrons. The fourth-order valence-corrected chi connectivity index (χ4v) is 2.07. The maximum absolute atomic E-state index is 12.3. The van der Waals surface area contributed by atoms with Crippen molar-refractivity contribution in [3.05, 3.63) is 36.6 Å². The molecule has 0 unspecified atom stereocenters. The van der Waals surface area contributed by atoms with Gasteiger partial charge in [-0.1, -0.05) is 12.1 Å². The third-order valence-corrected chi connectivity index (χ3v) is 2.97. The van der Waals surface area contributed by atoms with Crippen LogP contribution in [-0.2, 0) is 0 Å². The van der Waals surface area contributed by atoms with E-state index in [4.69, 9.17) is 9.15 Å². The standard InChI is InChI=1S/C12H9F3O2S/c1-16-9-4-2-8(3-5-9)10-6-7-17-11(10)18-12(13,14)15/h2-7H,1H3. The second-order valence-electron chi connectivity index (χ2n) is 3.40. The van der Waals surface area contributed by atoms with E-state index in [-0.39, 0.29) is 16.9 Å². The highest BCUT2D eigenvalue weighted by molar-refractivity contribution is 8.00. The highest BCUT2D eigenvalue weighted by atomic mass is 32.2. The van der Waals surface area contributed by atoms with Gasteiger partial charge in [0.05, 0.1) is 13.4 Å². The minimum Gasteiger partial charge on any atom is -0.497 e. The molecule has 0 saturated carbocycles. The molecule has 0 atom stereocenters. The van der Waals surface area contributed by atoms with Crippen LogP contribution in [0.15, 0.2) is 46.1 Å². The van der Waals surface area contributed by atoms with Crippen molar-refractivity contribution in [2.45, 2.75) is 10.6 Å². The second-order valence-corrected chi connectivity index (χ2v) is 4.44. The first-order valence-electron chi connectivity index (χ1n) is 4.97. The van der Waals surface area contributed by atoms with E-state index in [0.29, 0.717) is 16.9 Å². The molecule has 0 N–H and O–H groups in total. The fraction of sp³-hybridized carbons (Fsp3) is 0.167. The lowest BCUT2D eigenvalue weighted by atomic mass is 10.1. The molecule has 2 rings (SSSR count). The normalized spacial score (nSPS) is 11.6. The zero-order chi connectivity index (χ0) is 13.2. The van der Waals surface area contributed by atoms with Gasteiger partial charge in [-0.25, -0.2) is 0 Å². The Morgan fingerprint density at radius 3 is 2.33 bits per heavy atom. The van der Waals surface area contributed by atoms with Crippen LogP contribution < -0.4 is 4.74 Å². The van der Waals surface area contributed by atoms with Crippen LogP contribution in [0.2, 0.25) is 0 Å². The van der Waals surface area contributed by atoms with Crippen molar-refractivity contribution in [1.29, 1.82) is 0 Å². The van der Waals surface area contributed by atoms with Crippen molar-refractivity contribution in [2.75, 3.05) is 7.11 Å². The lowest BCUT2D eigenvalue weighted by Crippen LogP contribution is -1.98. The molecule has 6 heteroatoms. The number of thioether (sulfide) groups is 1. The van der Waals surface area contributed by atoms with Gasteiger partial charge in [0, 0.05) is 17.3 Å². The van der Waals surface area contributed by atoms with E-state index in [1.807, 2.05) is 0 Å². The Bertz CT molecular complexity index is 517. The van der Waals surface area contributed by atoms with Gasteiger partial charge < -0.3 is 9.15 Å². The number of methoxy groups -OCH3 is 1. The van der Waals surface area contributed by atoms with Gasteiger partial charge in [0.15, 0.2) is 5.09 Å². The molecule has 1 aromatic heterocycles. The predicted octanol–water partition coefficient (Wildman–Crippen LogP) is 4.57. The van der Waals surface area contributed by atoms with Crippen LogP contribution >= 0.6 is 11.8 Å². The molecule has 0 spiro atoms. The van der Waals surface area contributed by atoms with E-state index in [1.165, 1.54) is 19.4 Å². The maximum atomic E-state index is 12.3. The number of hydrogen-bond donors (Lipinski definition) is 0. The number of benzene rings is 1. The molecule has 0 aliphatic rings. The Morgan fingerprint density at radius 2 is 1.78 bits per heavy atom. The number of alkyl halides is 3. The van der Waals surface area contributed by atoms with Gasteiger partial charge in [-0.2, -0.15) is 13.2 Å². The number of halogens is 3. The van der Waals surface area contributed by atoms with Crippen LogP contribution in [0, 0.1) is 0 Å². The van der Waals surface area contributed by atoms with Crippen molar-refractivity contribution < 1.29 is 22.3 Å². The molecule has 0 saturated heterocycles. The van der Waals surface area contributed by atoms with E-state index in [1.54, 1.807) is 24.3 Å². The molecule has 2 nitrogen and oxygen atoms in total. The third kappa shape index (κ3) is 3.01. The minimum atomic E-state index is -4.36. The summed E-state index contributed by atoms with van der Waals surface area (Å²) in [7, 11) is 1.53. The van der Waals surface area contributed by atoms with Crippen LogP contribution in [0.4, 0.5) is 13.2 Å². The van der Waals surface area contributed by atoms with Gasteiger partial charge in [0.2, 0.25) is 0 Å². The smallest absolute Gasteiger partial charge is 0.449 e. The Labute approximate surface area is 106 Å². The number of furan rings is 1. The molecule has 0 amide bonds. The molecule has 0 aliphatic carbocycles. The molecule has 0 aliphatic heterocycles. The summed E-state index contributed by atoms with van der Waals surface area (Å²) in [5, 5.41) is -0.160. The van der Waals surface area contributed by atoms with E-state index in [0.717, 1.165) is 0 Å². The van der Waals surface area contributed by atoms with Crippen molar-refractivity contribution >= 4 is 11.8 Å². The van der Waals surface area contributed by atoms with Crippen LogP contribution in [-0.4, -0.2) is 12.6 Å². The maximum Gasteiger partial charge on any atom is 0.449 e. The zero-order valence-electron chi connectivity index (χ0n) is 9.32. The Morgan fingerprint density at radius 1 is 1.11 bits per heavy atom. The molecule has 1 heterocycles. The summed E-state index contributed by atoms with van der Waals surface area (Å²) in [6.45, 7) is 0. The quantitative estimate of drug-likeness (QED) is 0.766. The highest BCUT2D eigenvalue weighted by Gasteiger charge is 2.32. The largest absolute Gasteiger partial charge is 0.497 e. The van der Waals surface area contributed by atoms with Gasteiger partial charge in [0.25, 0.3) is 0 Å². The SMILES string of the molecule is COc1ccc(-c2ccoc2SC(F)(F)F)cc1. The third-order valence-electron chi connectivity index (χ3n) is 2.24. The lowest BCUT2D eigenvalue weighted by Gasteiger charge is -2.06. The lowest BCUT2D eigenvalue weighted by molar-refractivity contribution is -0.0334. The monoisotopic (exact) mass is 274 g/mol. The summed E-state index contributed by atoms with van der Waals surface area (Å²) in [6, 6.07) is 8.25. The van der Waals surface area contributed by atoms with Gasteiger partial charge in [-0.3, -0.25) is 0 Å². The zero-order valence-corrected chi connectivity index (χ0v) is 10.1. The summed E-state index contributed by atoms with van der Waals surface area (Å²) < 4.78 is 46.8. The van der Waals surface area contributed by atoms with Crippen LogP contribution in [0.5, 0.6) is 5.75 Å². The first-order valence-corrected chi connectivity index (χ1v) is 5.79. The fourth-order valence-electron chi connectivity index (χ4n) is 1.46.